The van der Waals surface area contributed by atoms with Gasteiger partial charge in [0.25, 0.3) is 5.91 Å². The van der Waals surface area contributed by atoms with Crippen LogP contribution in [-0.2, 0) is 0 Å². The number of halogens is 2. The summed E-state index contributed by atoms with van der Waals surface area (Å²) in [5.74, 6) is -0.985. The van der Waals surface area contributed by atoms with Crippen molar-refractivity contribution >= 4 is 40.7 Å². The molecule has 102 valence electrons. The lowest BCUT2D eigenvalue weighted by Gasteiger charge is -2.08. The van der Waals surface area contributed by atoms with Gasteiger partial charge < -0.3 is 11.1 Å². The van der Waals surface area contributed by atoms with Gasteiger partial charge in [0.2, 0.25) is 5.91 Å². The lowest BCUT2D eigenvalue weighted by Crippen LogP contribution is -2.14. The average molecular weight is 309 g/mol. The molecule has 0 atom stereocenters. The van der Waals surface area contributed by atoms with Crippen LogP contribution in [0, 0.1) is 0 Å². The molecular weight excluding hydrogens is 299 g/mol. The van der Waals surface area contributed by atoms with Crippen LogP contribution in [0.1, 0.15) is 20.7 Å². The number of benzene rings is 2. The predicted molar refractivity (Wildman–Crippen MR) is 79.4 cm³/mol. The molecule has 0 fully saturated rings. The molecule has 0 aliphatic rings. The highest BCUT2D eigenvalue weighted by Crippen LogP contribution is 2.22. The lowest BCUT2D eigenvalue weighted by molar-refractivity contribution is 0.0996. The maximum absolute atomic E-state index is 12.1. The van der Waals surface area contributed by atoms with Gasteiger partial charge in [-0.1, -0.05) is 29.3 Å². The van der Waals surface area contributed by atoms with Gasteiger partial charge in [-0.3, -0.25) is 9.59 Å². The molecule has 2 aromatic rings. The number of amides is 2. The smallest absolute Gasteiger partial charge is 0.257 e. The first-order valence-corrected chi connectivity index (χ1v) is 6.39. The summed E-state index contributed by atoms with van der Waals surface area (Å²) in [6, 6.07) is 10.9. The number of hydrogen-bond donors (Lipinski definition) is 2. The number of carbonyl (C=O) groups excluding carboxylic acids is 2. The molecule has 0 unspecified atom stereocenters. The number of carbonyl (C=O) groups is 2. The first-order chi connectivity index (χ1) is 9.47. The summed E-state index contributed by atoms with van der Waals surface area (Å²) in [7, 11) is 0. The fourth-order valence-electron chi connectivity index (χ4n) is 1.62. The molecule has 6 heteroatoms. The Morgan fingerprint density at radius 1 is 1.05 bits per heavy atom. The molecule has 0 aliphatic heterocycles. The standard InChI is InChI=1S/C14H10Cl2N2O2/c15-9-4-5-12(16)11(7-9)14(20)18-10-3-1-2-8(6-10)13(17)19/h1-7H,(H2,17,19)(H,18,20). The third kappa shape index (κ3) is 3.29. The number of hydrogen-bond acceptors (Lipinski definition) is 2. The van der Waals surface area contributed by atoms with Gasteiger partial charge in [0.15, 0.2) is 0 Å². The van der Waals surface area contributed by atoms with Gasteiger partial charge >= 0.3 is 0 Å². The quantitative estimate of drug-likeness (QED) is 0.912. The molecule has 4 nitrogen and oxygen atoms in total. The first kappa shape index (κ1) is 14.4. The van der Waals surface area contributed by atoms with E-state index in [1.807, 2.05) is 0 Å². The molecule has 2 aromatic carbocycles. The summed E-state index contributed by atoms with van der Waals surface area (Å²) < 4.78 is 0. The molecule has 3 N–H and O–H groups in total. The normalized spacial score (nSPS) is 10.1. The Morgan fingerprint density at radius 2 is 1.80 bits per heavy atom. The second kappa shape index (κ2) is 5.94. The number of nitrogens with one attached hydrogen (secondary N) is 1. The first-order valence-electron chi connectivity index (χ1n) is 5.63. The lowest BCUT2D eigenvalue weighted by atomic mass is 10.1. The summed E-state index contributed by atoms with van der Waals surface area (Å²) in [6.45, 7) is 0. The van der Waals surface area contributed by atoms with E-state index in [1.165, 1.54) is 12.1 Å². The van der Waals surface area contributed by atoms with Gasteiger partial charge in [0, 0.05) is 16.3 Å². The zero-order valence-corrected chi connectivity index (χ0v) is 11.7. The van der Waals surface area contributed by atoms with E-state index in [1.54, 1.807) is 30.3 Å². The van der Waals surface area contributed by atoms with E-state index in [9.17, 15) is 9.59 Å². The Hall–Kier alpha value is -2.04. The maximum Gasteiger partial charge on any atom is 0.257 e. The Morgan fingerprint density at radius 3 is 2.50 bits per heavy atom. The summed E-state index contributed by atoms with van der Waals surface area (Å²) in [6.07, 6.45) is 0. The summed E-state index contributed by atoms with van der Waals surface area (Å²) in [5.41, 5.74) is 6.18. The molecular formula is C14H10Cl2N2O2. The van der Waals surface area contributed by atoms with Crippen LogP contribution in [-0.4, -0.2) is 11.8 Å². The second-order valence-corrected chi connectivity index (χ2v) is 4.87. The second-order valence-electron chi connectivity index (χ2n) is 4.02. The third-order valence-corrected chi connectivity index (χ3v) is 3.14. The highest BCUT2D eigenvalue weighted by atomic mass is 35.5. The van der Waals surface area contributed by atoms with E-state index < -0.39 is 11.8 Å². The summed E-state index contributed by atoms with van der Waals surface area (Å²) in [5, 5.41) is 3.33. The van der Waals surface area contributed by atoms with E-state index in [0.29, 0.717) is 16.3 Å². The minimum Gasteiger partial charge on any atom is -0.366 e. The average Bonchev–Trinajstić information content (AvgIpc) is 2.41. The fourth-order valence-corrected chi connectivity index (χ4v) is 2.00. The van der Waals surface area contributed by atoms with Crippen LogP contribution in [0.5, 0.6) is 0 Å². The summed E-state index contributed by atoms with van der Waals surface area (Å²) in [4.78, 5) is 23.2. The fraction of sp³-hybridized carbons (Fsp3) is 0. The zero-order valence-electron chi connectivity index (χ0n) is 10.2. The van der Waals surface area contributed by atoms with Crippen LogP contribution in [0.3, 0.4) is 0 Å². The van der Waals surface area contributed by atoms with E-state index in [-0.39, 0.29) is 10.6 Å². The highest BCUT2D eigenvalue weighted by Gasteiger charge is 2.12. The van der Waals surface area contributed by atoms with Gasteiger partial charge in [-0.05, 0) is 36.4 Å². The van der Waals surface area contributed by atoms with Crippen molar-refractivity contribution in [3.8, 4) is 0 Å². The third-order valence-electron chi connectivity index (χ3n) is 2.58. The molecule has 0 aliphatic carbocycles. The van der Waals surface area contributed by atoms with Crippen molar-refractivity contribution < 1.29 is 9.59 Å². The SMILES string of the molecule is NC(=O)c1cccc(NC(=O)c2cc(Cl)ccc2Cl)c1. The largest absolute Gasteiger partial charge is 0.366 e. The molecule has 0 radical (unpaired) electrons. The Balaban J connectivity index is 2.25. The van der Waals surface area contributed by atoms with Crippen LogP contribution in [0.2, 0.25) is 10.0 Å². The van der Waals surface area contributed by atoms with E-state index >= 15 is 0 Å². The van der Waals surface area contributed by atoms with Crippen LogP contribution in [0.4, 0.5) is 5.69 Å². The van der Waals surface area contributed by atoms with Crippen LogP contribution < -0.4 is 11.1 Å². The highest BCUT2D eigenvalue weighted by molar-refractivity contribution is 6.36. The Kier molecular flexibility index (Phi) is 4.27. The van der Waals surface area contributed by atoms with Gasteiger partial charge in [-0.2, -0.15) is 0 Å². The van der Waals surface area contributed by atoms with Crippen molar-refractivity contribution in [3.63, 3.8) is 0 Å². The van der Waals surface area contributed by atoms with Crippen molar-refractivity contribution in [1.29, 1.82) is 0 Å². The zero-order chi connectivity index (χ0) is 14.7. The monoisotopic (exact) mass is 308 g/mol. The molecule has 2 rings (SSSR count). The van der Waals surface area contributed by atoms with Crippen LogP contribution in [0.25, 0.3) is 0 Å². The molecule has 20 heavy (non-hydrogen) atoms. The predicted octanol–water partition coefficient (Wildman–Crippen LogP) is 3.34. The molecule has 0 spiro atoms. The molecule has 0 aromatic heterocycles. The topological polar surface area (TPSA) is 72.2 Å². The van der Waals surface area contributed by atoms with Crippen molar-refractivity contribution in [3.05, 3.63) is 63.6 Å². The molecule has 0 bridgehead atoms. The van der Waals surface area contributed by atoms with Gasteiger partial charge in [0.1, 0.15) is 0 Å². The van der Waals surface area contributed by atoms with E-state index in [2.05, 4.69) is 5.32 Å². The number of rotatable bonds is 3. The van der Waals surface area contributed by atoms with E-state index in [0.717, 1.165) is 0 Å². The molecule has 2 amide bonds. The minimum absolute atomic E-state index is 0.253. The van der Waals surface area contributed by atoms with Gasteiger partial charge in [-0.25, -0.2) is 0 Å². The van der Waals surface area contributed by atoms with Crippen molar-refractivity contribution in [2.75, 3.05) is 5.32 Å². The molecule has 0 saturated heterocycles. The minimum atomic E-state index is -0.568. The number of nitrogens with two attached hydrogens (primary N) is 1. The maximum atomic E-state index is 12.1. The summed E-state index contributed by atoms with van der Waals surface area (Å²) >= 11 is 11.8. The Labute approximate surface area is 125 Å². The van der Waals surface area contributed by atoms with Crippen LogP contribution >= 0.6 is 23.2 Å². The molecule has 0 heterocycles. The van der Waals surface area contributed by atoms with Crippen molar-refractivity contribution in [1.82, 2.24) is 0 Å². The Bertz CT molecular complexity index is 687. The van der Waals surface area contributed by atoms with Crippen molar-refractivity contribution in [2.45, 2.75) is 0 Å². The van der Waals surface area contributed by atoms with Crippen LogP contribution in [0.15, 0.2) is 42.5 Å². The molecule has 0 saturated carbocycles. The van der Waals surface area contributed by atoms with Gasteiger partial charge in [0.05, 0.1) is 10.6 Å². The van der Waals surface area contributed by atoms with Crippen molar-refractivity contribution in [2.24, 2.45) is 5.73 Å². The number of primary amides is 1. The van der Waals surface area contributed by atoms with Gasteiger partial charge in [-0.15, -0.1) is 0 Å². The number of anilines is 1. The van der Waals surface area contributed by atoms with E-state index in [4.69, 9.17) is 28.9 Å².